The van der Waals surface area contributed by atoms with Gasteiger partial charge in [0.25, 0.3) is 0 Å². The van der Waals surface area contributed by atoms with Crippen molar-refractivity contribution in [3.05, 3.63) is 71.3 Å². The maximum atomic E-state index is 12.8. The van der Waals surface area contributed by atoms with Gasteiger partial charge in [0, 0.05) is 5.56 Å². The van der Waals surface area contributed by atoms with Crippen molar-refractivity contribution < 1.29 is 24.5 Å². The van der Waals surface area contributed by atoms with E-state index >= 15 is 0 Å². The molecule has 0 bridgehead atoms. The third kappa shape index (κ3) is 5.88. The van der Waals surface area contributed by atoms with Crippen molar-refractivity contribution in [1.82, 2.24) is 10.7 Å². The molecule has 0 atom stereocenters. The smallest absolute Gasteiger partial charge is 0.289 e. The van der Waals surface area contributed by atoms with E-state index in [1.54, 1.807) is 54.0 Å². The van der Waals surface area contributed by atoms with Gasteiger partial charge in [-0.1, -0.05) is 47.7 Å². The maximum absolute atomic E-state index is 12.8. The number of amides is 2. The molecule has 2 N–H and O–H groups in total. The number of carbonyl (C=O) groups is 2. The zero-order valence-electron chi connectivity index (χ0n) is 16.5. The lowest BCUT2D eigenvalue weighted by Crippen LogP contribution is -2.40. The SMILES string of the molecule is CC(C)ON(OC(C)(C)c1ccc(CC(=O)NO)cc1)C(=O)c1ccccc1. The fraction of sp³-hybridized carbons (Fsp3) is 0.333. The van der Waals surface area contributed by atoms with Gasteiger partial charge >= 0.3 is 5.91 Å². The molecule has 0 aliphatic rings. The van der Waals surface area contributed by atoms with Crippen molar-refractivity contribution in [2.45, 2.75) is 45.8 Å². The molecule has 0 aliphatic carbocycles. The first kappa shape index (κ1) is 21.6. The summed E-state index contributed by atoms with van der Waals surface area (Å²) >= 11 is 0. The average molecular weight is 386 g/mol. The quantitative estimate of drug-likeness (QED) is 0.536. The van der Waals surface area contributed by atoms with Crippen molar-refractivity contribution in [3.63, 3.8) is 0 Å². The second-order valence-electron chi connectivity index (χ2n) is 7.09. The second kappa shape index (κ2) is 9.45. The molecule has 0 spiro atoms. The van der Waals surface area contributed by atoms with Gasteiger partial charge in [-0.15, -0.1) is 0 Å². The molecule has 2 rings (SSSR count). The molecule has 0 fully saturated rings. The molecular formula is C21H26N2O5. The van der Waals surface area contributed by atoms with Gasteiger partial charge in [-0.25, -0.2) is 15.2 Å². The minimum absolute atomic E-state index is 0.0626. The van der Waals surface area contributed by atoms with E-state index in [2.05, 4.69) is 0 Å². The Balaban J connectivity index is 2.19. The first-order valence-corrected chi connectivity index (χ1v) is 9.00. The maximum Gasteiger partial charge on any atom is 0.304 e. The van der Waals surface area contributed by atoms with E-state index in [1.807, 2.05) is 33.8 Å². The van der Waals surface area contributed by atoms with Crippen LogP contribution in [0.15, 0.2) is 54.6 Å². The number of benzene rings is 2. The third-order valence-corrected chi connectivity index (χ3v) is 3.94. The van der Waals surface area contributed by atoms with E-state index in [0.717, 1.165) is 16.4 Å². The summed E-state index contributed by atoms with van der Waals surface area (Å²) in [5.41, 5.74) is 2.71. The summed E-state index contributed by atoms with van der Waals surface area (Å²) in [6.45, 7) is 7.25. The largest absolute Gasteiger partial charge is 0.304 e. The van der Waals surface area contributed by atoms with E-state index in [-0.39, 0.29) is 12.5 Å². The molecule has 2 amide bonds. The summed E-state index contributed by atoms with van der Waals surface area (Å²) in [6, 6.07) is 15.9. The van der Waals surface area contributed by atoms with Crippen molar-refractivity contribution >= 4 is 11.8 Å². The van der Waals surface area contributed by atoms with E-state index < -0.39 is 17.4 Å². The normalized spacial score (nSPS) is 11.4. The van der Waals surface area contributed by atoms with Gasteiger partial charge in [-0.2, -0.15) is 0 Å². The number of hydrogen-bond acceptors (Lipinski definition) is 5. The Hall–Kier alpha value is -2.74. The van der Waals surface area contributed by atoms with Crippen molar-refractivity contribution in [2.75, 3.05) is 0 Å². The summed E-state index contributed by atoms with van der Waals surface area (Å²) in [7, 11) is 0. The predicted octanol–water partition coefficient (Wildman–Crippen LogP) is 3.38. The monoisotopic (exact) mass is 386 g/mol. The van der Waals surface area contributed by atoms with E-state index in [0.29, 0.717) is 5.56 Å². The molecule has 0 radical (unpaired) electrons. The summed E-state index contributed by atoms with van der Waals surface area (Å²) in [5.74, 6) is -0.896. The molecule has 2 aromatic rings. The van der Waals surface area contributed by atoms with Gasteiger partial charge in [0.2, 0.25) is 5.91 Å². The Morgan fingerprint density at radius 3 is 2.21 bits per heavy atom. The van der Waals surface area contributed by atoms with E-state index in [9.17, 15) is 9.59 Å². The van der Waals surface area contributed by atoms with E-state index in [4.69, 9.17) is 14.9 Å². The lowest BCUT2D eigenvalue weighted by Gasteiger charge is -2.32. The first-order chi connectivity index (χ1) is 13.2. The van der Waals surface area contributed by atoms with Gasteiger partial charge < -0.3 is 0 Å². The summed E-state index contributed by atoms with van der Waals surface area (Å²) in [6.07, 6.45) is -0.199. The van der Waals surface area contributed by atoms with Crippen molar-refractivity contribution in [3.8, 4) is 0 Å². The highest BCUT2D eigenvalue weighted by molar-refractivity contribution is 5.92. The highest BCUT2D eigenvalue weighted by Gasteiger charge is 2.30. The Morgan fingerprint density at radius 2 is 1.68 bits per heavy atom. The lowest BCUT2D eigenvalue weighted by atomic mass is 9.96. The molecule has 0 saturated carbocycles. The van der Waals surface area contributed by atoms with Gasteiger partial charge in [0.05, 0.1) is 12.5 Å². The van der Waals surface area contributed by atoms with Crippen LogP contribution in [0.5, 0.6) is 0 Å². The van der Waals surface area contributed by atoms with Gasteiger partial charge in [-0.05, 0) is 51.0 Å². The van der Waals surface area contributed by atoms with E-state index in [1.165, 1.54) is 0 Å². The molecular weight excluding hydrogens is 360 g/mol. The predicted molar refractivity (Wildman–Crippen MR) is 103 cm³/mol. The zero-order chi connectivity index (χ0) is 20.7. The molecule has 0 aromatic heterocycles. The molecule has 0 heterocycles. The van der Waals surface area contributed by atoms with Crippen LogP contribution in [0.1, 0.15) is 49.2 Å². The molecule has 2 aromatic carbocycles. The van der Waals surface area contributed by atoms with Gasteiger partial charge in [0.1, 0.15) is 5.60 Å². The fourth-order valence-electron chi connectivity index (χ4n) is 2.50. The number of carbonyl (C=O) groups excluding carboxylic acids is 2. The summed E-state index contributed by atoms with van der Waals surface area (Å²) < 4.78 is 0. The van der Waals surface area contributed by atoms with Crippen LogP contribution < -0.4 is 5.48 Å². The molecule has 0 unspecified atom stereocenters. The van der Waals surface area contributed by atoms with Crippen LogP contribution in [0, 0.1) is 0 Å². The van der Waals surface area contributed by atoms with Crippen LogP contribution >= 0.6 is 0 Å². The van der Waals surface area contributed by atoms with Gasteiger partial charge in [0.15, 0.2) is 0 Å². The third-order valence-electron chi connectivity index (χ3n) is 3.94. The molecule has 7 nitrogen and oxygen atoms in total. The topological polar surface area (TPSA) is 88.1 Å². The molecule has 28 heavy (non-hydrogen) atoms. The van der Waals surface area contributed by atoms with Crippen LogP contribution in [0.2, 0.25) is 0 Å². The fourth-order valence-corrected chi connectivity index (χ4v) is 2.50. The number of hydrogen-bond donors (Lipinski definition) is 2. The minimum atomic E-state index is -0.878. The standard InChI is InChI=1S/C21H26N2O5/c1-15(2)27-23(20(25)17-8-6-5-7-9-17)28-21(3,4)18-12-10-16(11-13-18)14-19(24)22-26/h5-13,15,26H,14H2,1-4H3,(H,22,24). The van der Waals surface area contributed by atoms with Crippen LogP contribution in [0.4, 0.5) is 0 Å². The molecule has 7 heteroatoms. The van der Waals surface area contributed by atoms with Crippen LogP contribution in [-0.2, 0) is 26.5 Å². The van der Waals surface area contributed by atoms with Crippen LogP contribution in [0.3, 0.4) is 0 Å². The number of nitrogens with one attached hydrogen (secondary N) is 1. The molecule has 0 saturated heterocycles. The minimum Gasteiger partial charge on any atom is -0.289 e. The second-order valence-corrected chi connectivity index (χ2v) is 7.09. The number of hydroxylamine groups is 3. The lowest BCUT2D eigenvalue weighted by molar-refractivity contribution is -0.381. The number of nitrogens with zero attached hydrogens (tertiary/aromatic N) is 1. The van der Waals surface area contributed by atoms with Crippen LogP contribution in [0.25, 0.3) is 0 Å². The highest BCUT2D eigenvalue weighted by Crippen LogP contribution is 2.27. The Kier molecular flexibility index (Phi) is 7.28. The Bertz CT molecular complexity index is 788. The number of rotatable bonds is 8. The first-order valence-electron chi connectivity index (χ1n) is 9.00. The van der Waals surface area contributed by atoms with Gasteiger partial charge in [-0.3, -0.25) is 14.8 Å². The summed E-state index contributed by atoms with van der Waals surface area (Å²) in [5, 5.41) is 9.55. The van der Waals surface area contributed by atoms with Crippen molar-refractivity contribution in [1.29, 1.82) is 0 Å². The summed E-state index contributed by atoms with van der Waals surface area (Å²) in [4.78, 5) is 35.6. The van der Waals surface area contributed by atoms with Crippen molar-refractivity contribution in [2.24, 2.45) is 0 Å². The zero-order valence-corrected chi connectivity index (χ0v) is 16.5. The molecule has 0 aliphatic heterocycles. The Labute approximate surface area is 164 Å². The molecule has 150 valence electrons. The highest BCUT2D eigenvalue weighted by atomic mass is 17.0. The average Bonchev–Trinajstić information content (AvgIpc) is 2.67. The van der Waals surface area contributed by atoms with Crippen LogP contribution in [-0.4, -0.2) is 28.4 Å². The Morgan fingerprint density at radius 1 is 1.07 bits per heavy atom.